The standard InChI is InChI=1S/C28H27N3O4/c1-4-34-26-16-21(15-22(17-29)28(33)30-23-10-7-8-19(2)14-23)12-13-25(26)35-18-27(32)31-24-11-6-5-9-20(24)3/h5-16H,4,18H2,1-3H3,(H,30,33)(H,31,32)/b22-15+. The van der Waals surface area contributed by atoms with Crippen molar-refractivity contribution >= 4 is 29.3 Å². The van der Waals surface area contributed by atoms with Crippen LogP contribution in [-0.2, 0) is 9.59 Å². The largest absolute Gasteiger partial charge is 0.490 e. The van der Waals surface area contributed by atoms with E-state index in [4.69, 9.17) is 9.47 Å². The molecule has 7 nitrogen and oxygen atoms in total. The molecule has 0 aromatic heterocycles. The summed E-state index contributed by atoms with van der Waals surface area (Å²) in [6.07, 6.45) is 1.47. The second-order valence-electron chi connectivity index (χ2n) is 7.78. The number of amides is 2. The minimum atomic E-state index is -0.510. The summed E-state index contributed by atoms with van der Waals surface area (Å²) >= 11 is 0. The molecule has 0 aliphatic rings. The zero-order valence-corrected chi connectivity index (χ0v) is 19.9. The van der Waals surface area contributed by atoms with Crippen molar-refractivity contribution < 1.29 is 19.1 Å². The number of carbonyl (C=O) groups excluding carboxylic acids is 2. The zero-order chi connectivity index (χ0) is 25.2. The maximum absolute atomic E-state index is 12.6. The number of para-hydroxylation sites is 1. The summed E-state index contributed by atoms with van der Waals surface area (Å²) in [5.74, 6) is -0.0254. The average Bonchev–Trinajstić information content (AvgIpc) is 2.83. The van der Waals surface area contributed by atoms with E-state index in [1.807, 2.05) is 69.3 Å². The highest BCUT2D eigenvalue weighted by Gasteiger charge is 2.13. The van der Waals surface area contributed by atoms with E-state index in [-0.39, 0.29) is 18.1 Å². The van der Waals surface area contributed by atoms with Crippen LogP contribution in [0.1, 0.15) is 23.6 Å². The molecule has 35 heavy (non-hydrogen) atoms. The molecule has 178 valence electrons. The Kier molecular flexibility index (Phi) is 8.63. The normalized spacial score (nSPS) is 10.7. The molecule has 3 aromatic rings. The van der Waals surface area contributed by atoms with Crippen LogP contribution in [0, 0.1) is 25.2 Å². The highest BCUT2D eigenvalue weighted by molar-refractivity contribution is 6.09. The van der Waals surface area contributed by atoms with Crippen molar-refractivity contribution in [3.8, 4) is 17.6 Å². The summed E-state index contributed by atoms with van der Waals surface area (Å²) < 4.78 is 11.3. The van der Waals surface area contributed by atoms with Crippen LogP contribution in [0.5, 0.6) is 11.5 Å². The van der Waals surface area contributed by atoms with Crippen LogP contribution in [0.3, 0.4) is 0 Å². The summed E-state index contributed by atoms with van der Waals surface area (Å²) in [5.41, 5.74) is 3.81. The summed E-state index contributed by atoms with van der Waals surface area (Å²) in [4.78, 5) is 24.9. The molecular formula is C28H27N3O4. The lowest BCUT2D eigenvalue weighted by Crippen LogP contribution is -2.20. The van der Waals surface area contributed by atoms with Crippen LogP contribution in [-0.4, -0.2) is 25.0 Å². The van der Waals surface area contributed by atoms with Crippen molar-refractivity contribution in [1.82, 2.24) is 0 Å². The molecule has 0 heterocycles. The molecule has 2 N–H and O–H groups in total. The van der Waals surface area contributed by atoms with Gasteiger partial charge in [-0.05, 0) is 73.9 Å². The van der Waals surface area contributed by atoms with Crippen LogP contribution < -0.4 is 20.1 Å². The van der Waals surface area contributed by atoms with E-state index in [1.165, 1.54) is 6.08 Å². The fourth-order valence-electron chi connectivity index (χ4n) is 3.28. The number of anilines is 2. The Morgan fingerprint density at radius 2 is 1.74 bits per heavy atom. The molecule has 3 aromatic carbocycles. The van der Waals surface area contributed by atoms with Gasteiger partial charge in [-0.15, -0.1) is 0 Å². The van der Waals surface area contributed by atoms with Crippen LogP contribution in [0.4, 0.5) is 11.4 Å². The van der Waals surface area contributed by atoms with Crippen molar-refractivity contribution in [1.29, 1.82) is 5.26 Å². The number of carbonyl (C=O) groups is 2. The Labute approximate surface area is 205 Å². The number of benzene rings is 3. The van der Waals surface area contributed by atoms with Gasteiger partial charge in [-0.3, -0.25) is 9.59 Å². The predicted molar refractivity (Wildman–Crippen MR) is 136 cm³/mol. The predicted octanol–water partition coefficient (Wildman–Crippen LogP) is 5.27. The Morgan fingerprint density at radius 1 is 0.943 bits per heavy atom. The maximum atomic E-state index is 12.6. The molecule has 0 aliphatic carbocycles. The smallest absolute Gasteiger partial charge is 0.266 e. The SMILES string of the molecule is CCOc1cc(/C=C(\C#N)C(=O)Nc2cccc(C)c2)ccc1OCC(=O)Nc1ccccc1C. The van der Waals surface area contributed by atoms with E-state index >= 15 is 0 Å². The first-order valence-corrected chi connectivity index (χ1v) is 11.1. The Morgan fingerprint density at radius 3 is 2.46 bits per heavy atom. The highest BCUT2D eigenvalue weighted by atomic mass is 16.5. The third kappa shape index (κ3) is 7.21. The first-order valence-electron chi connectivity index (χ1n) is 11.1. The second-order valence-corrected chi connectivity index (χ2v) is 7.78. The van der Waals surface area contributed by atoms with Gasteiger partial charge in [0, 0.05) is 11.4 Å². The molecule has 0 radical (unpaired) electrons. The topological polar surface area (TPSA) is 100 Å². The molecule has 0 saturated carbocycles. The van der Waals surface area contributed by atoms with Gasteiger partial charge in [-0.25, -0.2) is 0 Å². The summed E-state index contributed by atoms with van der Waals surface area (Å²) in [7, 11) is 0. The van der Waals surface area contributed by atoms with Crippen molar-refractivity contribution in [2.24, 2.45) is 0 Å². The Hall–Kier alpha value is -4.57. The molecular weight excluding hydrogens is 442 g/mol. The summed E-state index contributed by atoms with van der Waals surface area (Å²) in [6, 6.07) is 21.7. The number of nitrogens with zero attached hydrogens (tertiary/aromatic N) is 1. The minimum Gasteiger partial charge on any atom is -0.490 e. The number of nitrogens with one attached hydrogen (secondary N) is 2. The van der Waals surface area contributed by atoms with Gasteiger partial charge in [-0.2, -0.15) is 5.26 Å². The second kappa shape index (κ2) is 12.1. The van der Waals surface area contributed by atoms with E-state index in [9.17, 15) is 14.9 Å². The van der Waals surface area contributed by atoms with Crippen molar-refractivity contribution in [2.45, 2.75) is 20.8 Å². The van der Waals surface area contributed by atoms with Crippen molar-refractivity contribution in [2.75, 3.05) is 23.8 Å². The van der Waals surface area contributed by atoms with Crippen LogP contribution in [0.25, 0.3) is 6.08 Å². The van der Waals surface area contributed by atoms with Gasteiger partial charge in [0.25, 0.3) is 11.8 Å². The van der Waals surface area contributed by atoms with Gasteiger partial charge in [0.1, 0.15) is 11.6 Å². The lowest BCUT2D eigenvalue weighted by atomic mass is 10.1. The van der Waals surface area contributed by atoms with E-state index in [1.54, 1.807) is 24.3 Å². The molecule has 0 saturated heterocycles. The third-order valence-electron chi connectivity index (χ3n) is 5.00. The Bertz CT molecular complexity index is 1290. The van der Waals surface area contributed by atoms with E-state index < -0.39 is 5.91 Å². The molecule has 7 heteroatoms. The van der Waals surface area contributed by atoms with Crippen molar-refractivity contribution in [3.05, 3.63) is 89.0 Å². The van der Waals surface area contributed by atoms with E-state index in [2.05, 4.69) is 10.6 Å². The van der Waals surface area contributed by atoms with Crippen LogP contribution >= 0.6 is 0 Å². The number of hydrogen-bond acceptors (Lipinski definition) is 5. The Balaban J connectivity index is 1.72. The first kappa shape index (κ1) is 25.1. The van der Waals surface area contributed by atoms with Gasteiger partial charge < -0.3 is 20.1 Å². The van der Waals surface area contributed by atoms with E-state index in [0.29, 0.717) is 29.4 Å². The lowest BCUT2D eigenvalue weighted by molar-refractivity contribution is -0.118. The summed E-state index contributed by atoms with van der Waals surface area (Å²) in [6.45, 7) is 5.82. The highest BCUT2D eigenvalue weighted by Crippen LogP contribution is 2.29. The quantitative estimate of drug-likeness (QED) is 0.329. The lowest BCUT2D eigenvalue weighted by Gasteiger charge is -2.13. The van der Waals surface area contributed by atoms with Gasteiger partial charge in [0.05, 0.1) is 6.61 Å². The molecule has 0 aliphatic heterocycles. The van der Waals surface area contributed by atoms with Crippen molar-refractivity contribution in [3.63, 3.8) is 0 Å². The zero-order valence-electron chi connectivity index (χ0n) is 19.9. The number of ether oxygens (including phenoxy) is 2. The number of rotatable bonds is 9. The average molecular weight is 470 g/mol. The van der Waals surface area contributed by atoms with Gasteiger partial charge in [-0.1, -0.05) is 36.4 Å². The number of nitriles is 1. The number of aryl methyl sites for hydroxylation is 2. The first-order chi connectivity index (χ1) is 16.9. The molecule has 0 unspecified atom stereocenters. The van der Waals surface area contributed by atoms with Gasteiger partial charge in [0.2, 0.25) is 0 Å². The maximum Gasteiger partial charge on any atom is 0.266 e. The van der Waals surface area contributed by atoms with E-state index in [0.717, 1.165) is 16.8 Å². The fourth-order valence-corrected chi connectivity index (χ4v) is 3.28. The molecule has 0 bridgehead atoms. The number of hydrogen-bond donors (Lipinski definition) is 2. The van der Waals surface area contributed by atoms with Gasteiger partial charge in [0.15, 0.2) is 18.1 Å². The summed E-state index contributed by atoms with van der Waals surface area (Å²) in [5, 5.41) is 15.1. The molecule has 0 spiro atoms. The molecule has 0 fully saturated rings. The minimum absolute atomic E-state index is 0.0553. The van der Waals surface area contributed by atoms with Gasteiger partial charge >= 0.3 is 0 Å². The molecule has 3 rings (SSSR count). The van der Waals surface area contributed by atoms with Crippen LogP contribution in [0.2, 0.25) is 0 Å². The third-order valence-corrected chi connectivity index (χ3v) is 5.00. The fraction of sp³-hybridized carbons (Fsp3) is 0.179. The molecule has 2 amide bonds. The molecule has 0 atom stereocenters. The van der Waals surface area contributed by atoms with Crippen LogP contribution in [0.15, 0.2) is 72.3 Å². The monoisotopic (exact) mass is 469 g/mol.